The molecule has 0 atom stereocenters. The van der Waals surface area contributed by atoms with Gasteiger partial charge in [-0.05, 0) is 56.4 Å². The molecule has 0 bridgehead atoms. The van der Waals surface area contributed by atoms with E-state index in [1.54, 1.807) is 6.07 Å². The molecule has 0 aliphatic heterocycles. The highest BCUT2D eigenvalue weighted by Crippen LogP contribution is 2.27. The Labute approximate surface area is 159 Å². The Kier molecular flexibility index (Phi) is 6.20. The van der Waals surface area contributed by atoms with Crippen molar-refractivity contribution in [2.24, 2.45) is 5.92 Å². The van der Waals surface area contributed by atoms with Gasteiger partial charge in [-0.2, -0.15) is 0 Å². The quantitative estimate of drug-likeness (QED) is 0.685. The molecule has 26 heavy (non-hydrogen) atoms. The number of aromatic amines is 1. The molecule has 2 amide bonds. The summed E-state index contributed by atoms with van der Waals surface area (Å²) in [7, 11) is 1.89. The number of nitrogens with zero attached hydrogens (tertiary/aromatic N) is 1. The van der Waals surface area contributed by atoms with E-state index in [1.165, 1.54) is 6.42 Å². The van der Waals surface area contributed by atoms with Crippen molar-refractivity contribution in [3.8, 4) is 0 Å². The predicted molar refractivity (Wildman–Crippen MR) is 104 cm³/mol. The van der Waals surface area contributed by atoms with E-state index in [0.29, 0.717) is 23.2 Å². The van der Waals surface area contributed by atoms with E-state index in [4.69, 9.17) is 11.6 Å². The molecule has 0 unspecified atom stereocenters. The topological polar surface area (TPSA) is 65.2 Å². The van der Waals surface area contributed by atoms with Crippen molar-refractivity contribution in [2.45, 2.75) is 38.5 Å². The number of nitrogens with one attached hydrogen (secondary N) is 2. The average molecular weight is 376 g/mol. The Morgan fingerprint density at radius 2 is 2.04 bits per heavy atom. The molecule has 2 aromatic rings. The second-order valence-electron chi connectivity index (χ2n) is 7.12. The normalized spacial score (nSPS) is 14.2. The first-order chi connectivity index (χ1) is 12.5. The molecule has 1 saturated carbocycles. The van der Waals surface area contributed by atoms with Crippen LogP contribution in [-0.4, -0.2) is 41.8 Å². The molecule has 1 aromatic carbocycles. The molecule has 0 radical (unpaired) electrons. The molecule has 3 rings (SSSR count). The van der Waals surface area contributed by atoms with Gasteiger partial charge in [-0.15, -0.1) is 0 Å². The first-order valence-electron chi connectivity index (χ1n) is 9.36. The number of hydrogen-bond donors (Lipinski definition) is 2. The number of fused-ring (bicyclic) bond motifs is 1. The van der Waals surface area contributed by atoms with Crippen LogP contribution in [0.15, 0.2) is 24.3 Å². The number of carbonyl (C=O) groups excluding carboxylic acids is 2. The summed E-state index contributed by atoms with van der Waals surface area (Å²) >= 11 is 5.97. The summed E-state index contributed by atoms with van der Waals surface area (Å²) in [4.78, 5) is 29.2. The Bertz CT molecular complexity index is 782. The van der Waals surface area contributed by atoms with Crippen LogP contribution in [0, 0.1) is 5.92 Å². The molecule has 5 nitrogen and oxygen atoms in total. The van der Waals surface area contributed by atoms with Crippen molar-refractivity contribution >= 4 is 34.3 Å². The number of amides is 2. The van der Waals surface area contributed by atoms with Gasteiger partial charge in [0.1, 0.15) is 5.69 Å². The summed E-state index contributed by atoms with van der Waals surface area (Å²) in [6, 6.07) is 7.33. The van der Waals surface area contributed by atoms with E-state index >= 15 is 0 Å². The summed E-state index contributed by atoms with van der Waals surface area (Å²) in [6.45, 7) is 1.43. The van der Waals surface area contributed by atoms with Crippen molar-refractivity contribution in [3.63, 3.8) is 0 Å². The smallest absolute Gasteiger partial charge is 0.267 e. The summed E-state index contributed by atoms with van der Waals surface area (Å²) < 4.78 is 0. The third-order valence-corrected chi connectivity index (χ3v) is 5.35. The van der Waals surface area contributed by atoms with Gasteiger partial charge in [0.25, 0.3) is 5.91 Å². The molecule has 1 heterocycles. The lowest BCUT2D eigenvalue weighted by molar-refractivity contribution is -0.136. The maximum atomic E-state index is 12.2. The van der Waals surface area contributed by atoms with Crippen LogP contribution < -0.4 is 5.32 Å². The lowest BCUT2D eigenvalue weighted by atomic mass is 9.84. The van der Waals surface area contributed by atoms with Crippen molar-refractivity contribution in [3.05, 3.63) is 35.0 Å². The van der Waals surface area contributed by atoms with Crippen LogP contribution in [0.2, 0.25) is 5.02 Å². The fraction of sp³-hybridized carbons (Fsp3) is 0.500. The first kappa shape index (κ1) is 18.8. The van der Waals surface area contributed by atoms with E-state index in [-0.39, 0.29) is 11.8 Å². The van der Waals surface area contributed by atoms with Crippen LogP contribution in [0.25, 0.3) is 10.9 Å². The summed E-state index contributed by atoms with van der Waals surface area (Å²) in [5.74, 6) is 0.462. The van der Waals surface area contributed by atoms with Gasteiger partial charge in [-0.3, -0.25) is 9.59 Å². The van der Waals surface area contributed by atoms with Gasteiger partial charge >= 0.3 is 0 Å². The standard InChI is InChI=1S/C20H26ClN3O2/c1-24(20(26)14-6-5-7-14)11-4-2-3-10-22-19(25)18-13-15-12-16(21)8-9-17(15)23-18/h8-9,12-14,23H,2-7,10-11H2,1H3,(H,22,25). The lowest BCUT2D eigenvalue weighted by Crippen LogP contribution is -2.36. The molecular formula is C20H26ClN3O2. The van der Waals surface area contributed by atoms with Crippen LogP contribution in [0.3, 0.4) is 0 Å². The summed E-state index contributed by atoms with van der Waals surface area (Å²) in [5.41, 5.74) is 1.45. The van der Waals surface area contributed by atoms with Crippen LogP contribution in [0.5, 0.6) is 0 Å². The Balaban J connectivity index is 1.34. The summed E-state index contributed by atoms with van der Waals surface area (Å²) in [5, 5.41) is 4.53. The highest BCUT2D eigenvalue weighted by molar-refractivity contribution is 6.31. The zero-order chi connectivity index (χ0) is 18.5. The highest BCUT2D eigenvalue weighted by Gasteiger charge is 2.27. The first-order valence-corrected chi connectivity index (χ1v) is 9.74. The molecule has 1 fully saturated rings. The molecular weight excluding hydrogens is 350 g/mol. The van der Waals surface area contributed by atoms with Gasteiger partial charge in [0.15, 0.2) is 0 Å². The second kappa shape index (κ2) is 8.58. The third-order valence-electron chi connectivity index (χ3n) is 5.11. The number of rotatable bonds is 8. The Hall–Kier alpha value is -2.01. The van der Waals surface area contributed by atoms with E-state index in [9.17, 15) is 9.59 Å². The van der Waals surface area contributed by atoms with E-state index in [0.717, 1.165) is 49.6 Å². The monoisotopic (exact) mass is 375 g/mol. The molecule has 1 aromatic heterocycles. The van der Waals surface area contributed by atoms with Crippen LogP contribution in [0.1, 0.15) is 49.0 Å². The van der Waals surface area contributed by atoms with Crippen molar-refractivity contribution < 1.29 is 9.59 Å². The number of benzene rings is 1. The maximum Gasteiger partial charge on any atom is 0.267 e. The van der Waals surface area contributed by atoms with Gasteiger partial charge < -0.3 is 15.2 Å². The zero-order valence-electron chi connectivity index (χ0n) is 15.2. The molecule has 1 aliphatic carbocycles. The van der Waals surface area contributed by atoms with Crippen LogP contribution >= 0.6 is 11.6 Å². The van der Waals surface area contributed by atoms with Crippen molar-refractivity contribution in [2.75, 3.05) is 20.1 Å². The number of hydrogen-bond acceptors (Lipinski definition) is 2. The average Bonchev–Trinajstić information content (AvgIpc) is 2.99. The second-order valence-corrected chi connectivity index (χ2v) is 7.56. The molecule has 6 heteroatoms. The maximum absolute atomic E-state index is 12.2. The fourth-order valence-electron chi connectivity index (χ4n) is 3.25. The molecule has 2 N–H and O–H groups in total. The van der Waals surface area contributed by atoms with Gasteiger partial charge in [-0.1, -0.05) is 18.0 Å². The van der Waals surface area contributed by atoms with E-state index in [2.05, 4.69) is 10.3 Å². The SMILES string of the molecule is CN(CCCCCNC(=O)c1cc2cc(Cl)ccc2[nH]1)C(=O)C1CCC1. The predicted octanol–water partition coefficient (Wildman–Crippen LogP) is 3.98. The number of H-pyrrole nitrogens is 1. The Morgan fingerprint density at radius 1 is 1.23 bits per heavy atom. The highest BCUT2D eigenvalue weighted by atomic mass is 35.5. The fourth-order valence-corrected chi connectivity index (χ4v) is 3.43. The van der Waals surface area contributed by atoms with Crippen molar-refractivity contribution in [1.82, 2.24) is 15.2 Å². The zero-order valence-corrected chi connectivity index (χ0v) is 15.9. The number of carbonyl (C=O) groups is 2. The number of halogens is 1. The number of aromatic nitrogens is 1. The summed E-state index contributed by atoms with van der Waals surface area (Å²) in [6.07, 6.45) is 6.15. The van der Waals surface area contributed by atoms with Gasteiger partial charge in [0.05, 0.1) is 0 Å². The number of unbranched alkanes of at least 4 members (excludes halogenated alkanes) is 2. The minimum absolute atomic E-state index is 0.102. The van der Waals surface area contributed by atoms with E-state index < -0.39 is 0 Å². The minimum atomic E-state index is -0.102. The third kappa shape index (κ3) is 4.58. The largest absolute Gasteiger partial charge is 0.351 e. The lowest BCUT2D eigenvalue weighted by Gasteiger charge is -2.29. The molecule has 140 valence electrons. The minimum Gasteiger partial charge on any atom is -0.351 e. The van der Waals surface area contributed by atoms with Crippen LogP contribution in [-0.2, 0) is 4.79 Å². The molecule has 1 aliphatic rings. The molecule has 0 spiro atoms. The van der Waals surface area contributed by atoms with Gasteiger partial charge in [0.2, 0.25) is 5.91 Å². The van der Waals surface area contributed by atoms with E-state index in [1.807, 2.05) is 30.1 Å². The Morgan fingerprint density at radius 3 is 2.77 bits per heavy atom. The van der Waals surface area contributed by atoms with Crippen LogP contribution in [0.4, 0.5) is 0 Å². The van der Waals surface area contributed by atoms with Gasteiger partial charge in [-0.25, -0.2) is 0 Å². The van der Waals surface area contributed by atoms with Crippen molar-refractivity contribution in [1.29, 1.82) is 0 Å². The van der Waals surface area contributed by atoms with Gasteiger partial charge in [0, 0.05) is 42.0 Å². The molecule has 0 saturated heterocycles.